The summed E-state index contributed by atoms with van der Waals surface area (Å²) >= 11 is 0. The first-order chi connectivity index (χ1) is 15.0. The number of aromatic nitrogens is 3. The molecule has 31 heavy (non-hydrogen) atoms. The molecule has 1 aliphatic rings. The number of hydrogen-bond donors (Lipinski definition) is 1. The number of likely N-dealkylation sites (N-methyl/N-ethyl adjacent to an activating group) is 1. The van der Waals surface area contributed by atoms with Crippen LogP contribution in [-0.2, 0) is 4.74 Å². The Morgan fingerprint density at radius 3 is 2.61 bits per heavy atom. The van der Waals surface area contributed by atoms with Crippen LogP contribution in [0, 0.1) is 12.7 Å². The van der Waals surface area contributed by atoms with Gasteiger partial charge in [0.25, 0.3) is 5.91 Å². The lowest BCUT2D eigenvalue weighted by atomic mass is 10.1. The van der Waals surface area contributed by atoms with E-state index in [1.807, 2.05) is 11.8 Å². The van der Waals surface area contributed by atoms with E-state index in [-0.39, 0.29) is 17.8 Å². The number of rotatable bonds is 6. The molecule has 0 saturated carbocycles. The Bertz CT molecular complexity index is 1060. The van der Waals surface area contributed by atoms with Gasteiger partial charge in [0, 0.05) is 39.5 Å². The van der Waals surface area contributed by atoms with Crippen molar-refractivity contribution in [3.63, 3.8) is 0 Å². The first kappa shape index (κ1) is 21.2. The van der Waals surface area contributed by atoms with Gasteiger partial charge in [0.05, 0.1) is 18.2 Å². The largest absolute Gasteiger partial charge is 0.382 e. The number of nitrogens with one attached hydrogen (secondary N) is 1. The molecule has 4 rings (SSSR count). The third kappa shape index (κ3) is 4.38. The van der Waals surface area contributed by atoms with Crippen LogP contribution in [-0.4, -0.2) is 77.2 Å². The van der Waals surface area contributed by atoms with E-state index >= 15 is 0 Å². The van der Waals surface area contributed by atoms with Gasteiger partial charge in [-0.15, -0.1) is 0 Å². The third-order valence-electron chi connectivity index (χ3n) is 5.76. The third-order valence-corrected chi connectivity index (χ3v) is 5.76. The van der Waals surface area contributed by atoms with Crippen LogP contribution < -0.4 is 5.32 Å². The Kier molecular flexibility index (Phi) is 6.15. The average Bonchev–Trinajstić information content (AvgIpc) is 3.11. The number of nitrogens with zero attached hydrogens (tertiary/aromatic N) is 5. The second-order valence-electron chi connectivity index (χ2n) is 7.87. The van der Waals surface area contributed by atoms with Crippen LogP contribution in [0.4, 0.5) is 10.2 Å². The fourth-order valence-corrected chi connectivity index (χ4v) is 3.91. The van der Waals surface area contributed by atoms with Crippen molar-refractivity contribution in [2.45, 2.75) is 13.0 Å². The van der Waals surface area contributed by atoms with E-state index in [0.29, 0.717) is 31.1 Å². The van der Waals surface area contributed by atoms with Crippen LogP contribution in [0.15, 0.2) is 36.8 Å². The van der Waals surface area contributed by atoms with Crippen LogP contribution in [0.2, 0.25) is 0 Å². The van der Waals surface area contributed by atoms with Gasteiger partial charge in [-0.3, -0.25) is 4.79 Å². The summed E-state index contributed by atoms with van der Waals surface area (Å²) in [5.74, 6) is 0.309. The zero-order chi connectivity index (χ0) is 22.0. The smallest absolute Gasteiger partial charge is 0.255 e. The molecule has 0 aliphatic carbocycles. The van der Waals surface area contributed by atoms with Crippen molar-refractivity contribution < 1.29 is 13.9 Å². The molecule has 9 heteroatoms. The minimum absolute atomic E-state index is 0.00836. The Morgan fingerprint density at radius 2 is 1.94 bits per heavy atom. The van der Waals surface area contributed by atoms with Gasteiger partial charge in [0.15, 0.2) is 5.82 Å². The van der Waals surface area contributed by atoms with E-state index in [1.165, 1.54) is 18.5 Å². The number of carbonyl (C=O) groups is 1. The number of piperazine rings is 1. The highest BCUT2D eigenvalue weighted by Gasteiger charge is 2.25. The molecule has 0 bridgehead atoms. The Morgan fingerprint density at radius 1 is 1.23 bits per heavy atom. The summed E-state index contributed by atoms with van der Waals surface area (Å²) in [5.41, 5.74) is 3.06. The highest BCUT2D eigenvalue weighted by molar-refractivity contribution is 5.99. The number of benzene rings is 1. The molecule has 3 aromatic rings. The molecule has 0 spiro atoms. The van der Waals surface area contributed by atoms with Crippen molar-refractivity contribution in [1.29, 1.82) is 0 Å². The first-order valence-electron chi connectivity index (χ1n) is 10.3. The van der Waals surface area contributed by atoms with Gasteiger partial charge >= 0.3 is 0 Å². The van der Waals surface area contributed by atoms with E-state index in [0.717, 1.165) is 29.7 Å². The highest BCUT2D eigenvalue weighted by atomic mass is 19.1. The summed E-state index contributed by atoms with van der Waals surface area (Å²) in [4.78, 5) is 21.7. The van der Waals surface area contributed by atoms with E-state index in [2.05, 4.69) is 27.3 Å². The summed E-state index contributed by atoms with van der Waals surface area (Å²) in [6.45, 7) is 5.42. The second-order valence-corrected chi connectivity index (χ2v) is 7.87. The van der Waals surface area contributed by atoms with E-state index in [1.54, 1.807) is 30.0 Å². The molecule has 3 heterocycles. The lowest BCUT2D eigenvalue weighted by Crippen LogP contribution is -2.47. The lowest BCUT2D eigenvalue weighted by Gasteiger charge is -2.32. The van der Waals surface area contributed by atoms with Crippen molar-refractivity contribution in [2.24, 2.45) is 0 Å². The molecule has 1 amide bonds. The normalized spacial score (nSPS) is 15.9. The van der Waals surface area contributed by atoms with Gasteiger partial charge < -0.3 is 19.9 Å². The summed E-state index contributed by atoms with van der Waals surface area (Å²) in [6.07, 6.45) is 3.22. The van der Waals surface area contributed by atoms with Gasteiger partial charge in [-0.05, 0) is 37.2 Å². The predicted octanol–water partition coefficient (Wildman–Crippen LogP) is 2.36. The average molecular weight is 426 g/mol. The molecule has 0 unspecified atom stereocenters. The van der Waals surface area contributed by atoms with E-state index < -0.39 is 0 Å². The van der Waals surface area contributed by atoms with Gasteiger partial charge in [-0.25, -0.2) is 13.9 Å². The molecule has 164 valence electrons. The fraction of sp³-hybridized carbons (Fsp3) is 0.409. The second kappa shape index (κ2) is 8.99. The number of halogens is 1. The van der Waals surface area contributed by atoms with Crippen LogP contribution in [0.3, 0.4) is 0 Å². The highest BCUT2D eigenvalue weighted by Crippen LogP contribution is 2.27. The number of amides is 1. The topological polar surface area (TPSA) is 75.0 Å². The van der Waals surface area contributed by atoms with Crippen LogP contribution in [0.25, 0.3) is 5.52 Å². The number of ether oxygens (including phenoxy) is 1. The first-order valence-corrected chi connectivity index (χ1v) is 10.3. The van der Waals surface area contributed by atoms with Gasteiger partial charge in [-0.2, -0.15) is 5.10 Å². The molecule has 1 aliphatic heterocycles. The van der Waals surface area contributed by atoms with Crippen molar-refractivity contribution >= 4 is 17.2 Å². The lowest BCUT2D eigenvalue weighted by molar-refractivity contribution is 0.0663. The SMILES string of the molecule is COC[C@@H](Nc1ncnn2cc(C(=O)N3CCN(C)CC3)c(C)c12)c1ccc(F)cc1. The zero-order valence-electron chi connectivity index (χ0n) is 18.0. The molecule has 1 N–H and O–H groups in total. The maximum absolute atomic E-state index is 13.4. The number of carbonyl (C=O) groups excluding carboxylic acids is 1. The molecular formula is C22H27FN6O2. The molecule has 0 radical (unpaired) electrons. The Balaban J connectivity index is 1.65. The fourth-order valence-electron chi connectivity index (χ4n) is 3.91. The quantitative estimate of drug-likeness (QED) is 0.652. The summed E-state index contributed by atoms with van der Waals surface area (Å²) in [5, 5.41) is 7.69. The van der Waals surface area contributed by atoms with E-state index in [4.69, 9.17) is 4.74 Å². The maximum Gasteiger partial charge on any atom is 0.255 e. The van der Waals surface area contributed by atoms with Gasteiger partial charge in [0.2, 0.25) is 0 Å². The molecule has 1 atom stereocenters. The van der Waals surface area contributed by atoms with Crippen LogP contribution in [0.5, 0.6) is 0 Å². The molecule has 2 aromatic heterocycles. The Hall–Kier alpha value is -3.04. The predicted molar refractivity (Wildman–Crippen MR) is 116 cm³/mol. The molecule has 8 nitrogen and oxygen atoms in total. The number of aryl methyl sites for hydroxylation is 1. The van der Waals surface area contributed by atoms with Gasteiger partial charge in [-0.1, -0.05) is 12.1 Å². The standard InChI is InChI=1S/C22H27FN6O2/c1-15-18(22(30)28-10-8-27(2)9-11-28)12-29-20(15)21(24-14-25-29)26-19(13-31-3)16-4-6-17(23)7-5-16/h4-7,12,14,19H,8-11,13H2,1-3H3,(H,24,25,26)/t19-/m1/s1. The summed E-state index contributed by atoms with van der Waals surface area (Å²) in [7, 11) is 3.67. The summed E-state index contributed by atoms with van der Waals surface area (Å²) in [6, 6.07) is 6.04. The Labute approximate surface area is 180 Å². The van der Waals surface area contributed by atoms with Gasteiger partial charge in [0.1, 0.15) is 17.7 Å². The number of anilines is 1. The minimum atomic E-state index is -0.293. The minimum Gasteiger partial charge on any atom is -0.382 e. The van der Waals surface area contributed by atoms with E-state index in [9.17, 15) is 9.18 Å². The molecule has 1 aromatic carbocycles. The van der Waals surface area contributed by atoms with Crippen LogP contribution >= 0.6 is 0 Å². The molecule has 1 saturated heterocycles. The molecule has 1 fully saturated rings. The van der Waals surface area contributed by atoms with Crippen molar-refractivity contribution in [3.8, 4) is 0 Å². The number of hydrogen-bond acceptors (Lipinski definition) is 6. The monoisotopic (exact) mass is 426 g/mol. The number of fused-ring (bicyclic) bond motifs is 1. The zero-order valence-corrected chi connectivity index (χ0v) is 18.0. The van der Waals surface area contributed by atoms with Crippen molar-refractivity contribution in [1.82, 2.24) is 24.4 Å². The number of methoxy groups -OCH3 is 1. The molecular weight excluding hydrogens is 399 g/mol. The van der Waals surface area contributed by atoms with Crippen molar-refractivity contribution in [2.75, 3.05) is 52.3 Å². The summed E-state index contributed by atoms with van der Waals surface area (Å²) < 4.78 is 20.4. The van der Waals surface area contributed by atoms with Crippen molar-refractivity contribution in [3.05, 3.63) is 59.3 Å². The maximum atomic E-state index is 13.4. The van der Waals surface area contributed by atoms with Crippen LogP contribution in [0.1, 0.15) is 27.5 Å².